The van der Waals surface area contributed by atoms with Crippen LogP contribution in [0.15, 0.2) is 73.0 Å². The predicted molar refractivity (Wildman–Crippen MR) is 121 cm³/mol. The Morgan fingerprint density at radius 2 is 2.00 bits per heavy atom. The molecule has 1 unspecified atom stereocenters. The van der Waals surface area contributed by atoms with Crippen molar-refractivity contribution >= 4 is 11.9 Å². The van der Waals surface area contributed by atoms with E-state index in [2.05, 4.69) is 17.2 Å². The normalized spacial score (nSPS) is 16.6. The highest BCUT2D eigenvalue weighted by molar-refractivity contribution is 5.95. The Kier molecular flexibility index (Phi) is 8.67. The molecule has 6 nitrogen and oxygen atoms in total. The summed E-state index contributed by atoms with van der Waals surface area (Å²) < 4.78 is 11.2. The first-order valence-electron chi connectivity index (χ1n) is 10.4. The van der Waals surface area contributed by atoms with Crippen LogP contribution in [0.4, 0.5) is 0 Å². The fraction of sp³-hybridized carbons (Fsp3) is 0.231. The third kappa shape index (κ3) is 7.15. The number of hydrogen-bond donors (Lipinski definition) is 2. The van der Waals surface area contributed by atoms with Crippen LogP contribution in [0.3, 0.4) is 0 Å². The van der Waals surface area contributed by atoms with Gasteiger partial charge >= 0.3 is 5.97 Å². The number of carbonyl (C=O) groups is 2. The largest absolute Gasteiger partial charge is 0.507 e. The third-order valence-electron chi connectivity index (χ3n) is 4.73. The number of amides is 1. The average Bonchev–Trinajstić information content (AvgIpc) is 2.79. The van der Waals surface area contributed by atoms with E-state index < -0.39 is 18.0 Å². The van der Waals surface area contributed by atoms with Crippen LogP contribution in [0.5, 0.6) is 5.75 Å². The Bertz CT molecular complexity index is 1050. The number of nitrogens with one attached hydrogen (secondary N) is 1. The van der Waals surface area contributed by atoms with E-state index >= 15 is 0 Å². The summed E-state index contributed by atoms with van der Waals surface area (Å²) in [5.74, 6) is 4.18. The zero-order valence-electron chi connectivity index (χ0n) is 17.6. The van der Waals surface area contributed by atoms with Crippen molar-refractivity contribution in [2.75, 3.05) is 13.2 Å². The number of rotatable bonds is 3. The lowest BCUT2D eigenvalue weighted by molar-refractivity contribution is -0.114. The second kappa shape index (κ2) is 12.1. The van der Waals surface area contributed by atoms with Crippen molar-refractivity contribution in [3.8, 4) is 17.6 Å². The zero-order valence-corrected chi connectivity index (χ0v) is 17.6. The van der Waals surface area contributed by atoms with Gasteiger partial charge in [0.15, 0.2) is 0 Å². The van der Waals surface area contributed by atoms with Gasteiger partial charge in [-0.1, -0.05) is 54.5 Å². The fourth-order valence-corrected chi connectivity index (χ4v) is 3.11. The van der Waals surface area contributed by atoms with Crippen LogP contribution in [0.1, 0.15) is 34.3 Å². The van der Waals surface area contributed by atoms with E-state index in [0.717, 1.165) is 5.56 Å². The molecule has 1 heterocycles. The van der Waals surface area contributed by atoms with Gasteiger partial charge in [-0.25, -0.2) is 4.79 Å². The summed E-state index contributed by atoms with van der Waals surface area (Å²) in [7, 11) is 0. The van der Waals surface area contributed by atoms with Gasteiger partial charge in [0.25, 0.3) is 5.91 Å². The van der Waals surface area contributed by atoms with E-state index in [1.54, 1.807) is 18.2 Å². The van der Waals surface area contributed by atoms with Crippen molar-refractivity contribution in [2.24, 2.45) is 0 Å². The number of allylic oxidation sites excluding steroid dienone is 1. The van der Waals surface area contributed by atoms with Crippen LogP contribution in [0, 0.1) is 11.8 Å². The monoisotopic (exact) mass is 431 g/mol. The number of cyclic esters (lactones) is 1. The van der Waals surface area contributed by atoms with Crippen molar-refractivity contribution in [1.82, 2.24) is 5.32 Å². The minimum atomic E-state index is -0.580. The number of carbonyl (C=O) groups excluding carboxylic acids is 2. The molecule has 1 aliphatic heterocycles. The summed E-state index contributed by atoms with van der Waals surface area (Å²) in [6.07, 6.45) is 7.86. The number of phenols is 1. The molecule has 1 aliphatic rings. The van der Waals surface area contributed by atoms with Gasteiger partial charge in [-0.05, 0) is 30.2 Å². The summed E-state index contributed by atoms with van der Waals surface area (Å²) in [4.78, 5) is 24.6. The highest BCUT2D eigenvalue weighted by atomic mass is 16.5. The summed E-state index contributed by atoms with van der Waals surface area (Å²) in [6.45, 7) is 0.874. The molecule has 2 N–H and O–H groups in total. The molecule has 2 aromatic carbocycles. The molecule has 2 aromatic rings. The zero-order chi connectivity index (χ0) is 22.6. The number of benzene rings is 2. The first kappa shape index (κ1) is 22.9. The van der Waals surface area contributed by atoms with Gasteiger partial charge in [0.2, 0.25) is 0 Å². The maximum Gasteiger partial charge on any atom is 0.342 e. The Balaban J connectivity index is 1.61. The van der Waals surface area contributed by atoms with Gasteiger partial charge in [0.1, 0.15) is 17.4 Å². The third-order valence-corrected chi connectivity index (χ3v) is 4.73. The van der Waals surface area contributed by atoms with E-state index in [4.69, 9.17) is 9.47 Å². The molecule has 6 heteroatoms. The summed E-state index contributed by atoms with van der Waals surface area (Å²) in [5, 5.41) is 12.8. The number of phenolic OH excluding ortho intramolecular Hbond substituents is 1. The molecule has 0 aromatic heterocycles. The van der Waals surface area contributed by atoms with Crippen LogP contribution in [-0.4, -0.2) is 36.3 Å². The minimum absolute atomic E-state index is 0.104. The predicted octanol–water partition coefficient (Wildman–Crippen LogP) is 3.51. The number of ether oxygens (including phenoxy) is 2. The lowest BCUT2D eigenvalue weighted by Crippen LogP contribution is -2.21. The smallest absolute Gasteiger partial charge is 0.342 e. The maximum absolute atomic E-state index is 12.8. The van der Waals surface area contributed by atoms with Crippen molar-refractivity contribution < 1.29 is 24.2 Å². The van der Waals surface area contributed by atoms with Crippen LogP contribution in [0.2, 0.25) is 0 Å². The fourth-order valence-electron chi connectivity index (χ4n) is 3.11. The maximum atomic E-state index is 12.8. The topological polar surface area (TPSA) is 84.9 Å². The molecule has 0 saturated carbocycles. The molecule has 1 atom stereocenters. The Hall–Kier alpha value is -3.82. The summed E-state index contributed by atoms with van der Waals surface area (Å²) in [5.41, 5.74) is 1.62. The SMILES string of the molecule is O=C(C#Cc1ccccc1)NC=CCC1CCOCC=CCc2cccc(O)c2C(=O)O1. The van der Waals surface area contributed by atoms with E-state index in [1.807, 2.05) is 42.5 Å². The Morgan fingerprint density at radius 3 is 2.84 bits per heavy atom. The minimum Gasteiger partial charge on any atom is -0.507 e. The van der Waals surface area contributed by atoms with Gasteiger partial charge in [0, 0.05) is 30.5 Å². The van der Waals surface area contributed by atoms with Gasteiger partial charge in [-0.2, -0.15) is 0 Å². The van der Waals surface area contributed by atoms with Crippen molar-refractivity contribution in [1.29, 1.82) is 0 Å². The quantitative estimate of drug-likeness (QED) is 0.441. The molecule has 164 valence electrons. The molecule has 3 rings (SSSR count). The Morgan fingerprint density at radius 1 is 1.16 bits per heavy atom. The number of fused-ring (bicyclic) bond motifs is 1. The lowest BCUT2D eigenvalue weighted by Gasteiger charge is -2.18. The highest BCUT2D eigenvalue weighted by Gasteiger charge is 2.21. The van der Waals surface area contributed by atoms with Gasteiger partial charge in [0.05, 0.1) is 13.2 Å². The number of aromatic hydroxyl groups is 1. The Labute approximate surface area is 187 Å². The summed E-state index contributed by atoms with van der Waals surface area (Å²) >= 11 is 0. The van der Waals surface area contributed by atoms with Crippen LogP contribution in [0.25, 0.3) is 0 Å². The first-order valence-corrected chi connectivity index (χ1v) is 10.4. The van der Waals surface area contributed by atoms with E-state index in [1.165, 1.54) is 12.3 Å². The van der Waals surface area contributed by atoms with Crippen LogP contribution < -0.4 is 5.32 Å². The van der Waals surface area contributed by atoms with Crippen molar-refractivity contribution in [3.05, 3.63) is 89.6 Å². The molecule has 0 fully saturated rings. The van der Waals surface area contributed by atoms with Gasteiger partial charge in [-0.3, -0.25) is 4.79 Å². The van der Waals surface area contributed by atoms with E-state index in [0.29, 0.717) is 38.0 Å². The molecule has 0 saturated heterocycles. The molecular weight excluding hydrogens is 406 g/mol. The second-order valence-electron chi connectivity index (χ2n) is 7.11. The molecule has 0 spiro atoms. The average molecular weight is 431 g/mol. The number of hydrogen-bond acceptors (Lipinski definition) is 5. The molecule has 0 bridgehead atoms. The first-order chi connectivity index (χ1) is 15.6. The van der Waals surface area contributed by atoms with E-state index in [9.17, 15) is 14.7 Å². The lowest BCUT2D eigenvalue weighted by atomic mass is 10.0. The van der Waals surface area contributed by atoms with Gasteiger partial charge in [-0.15, -0.1) is 0 Å². The highest BCUT2D eigenvalue weighted by Crippen LogP contribution is 2.24. The molecule has 0 aliphatic carbocycles. The molecule has 32 heavy (non-hydrogen) atoms. The molecule has 1 amide bonds. The van der Waals surface area contributed by atoms with Crippen LogP contribution >= 0.6 is 0 Å². The standard InChI is InChI=1S/C26H25NO5/c28-23-13-6-11-21-10-4-5-18-31-19-16-22(32-26(30)25(21)23)12-7-17-27-24(29)15-14-20-8-2-1-3-9-20/h1-9,11,13,17,22,28H,10,12,16,18-19H2,(H,27,29). The number of esters is 1. The molecular formula is C26H25NO5. The summed E-state index contributed by atoms with van der Waals surface area (Å²) in [6, 6.07) is 14.2. The molecule has 0 radical (unpaired) electrons. The second-order valence-corrected chi connectivity index (χ2v) is 7.11. The van der Waals surface area contributed by atoms with E-state index in [-0.39, 0.29) is 11.3 Å². The van der Waals surface area contributed by atoms with Crippen molar-refractivity contribution in [3.63, 3.8) is 0 Å². The van der Waals surface area contributed by atoms with Crippen LogP contribution in [-0.2, 0) is 20.7 Å². The van der Waals surface area contributed by atoms with Crippen molar-refractivity contribution in [2.45, 2.75) is 25.4 Å². The van der Waals surface area contributed by atoms with Gasteiger partial charge < -0.3 is 19.9 Å².